The molecule has 0 aliphatic rings. The standard InChI is InChI=1S/C23H20N6O2S2/c1-14-22(33-23(25-14)16-4-3-11-24-12-16)19-9-10-21(29-28-19)32-13-20(31)27-18-7-5-17(6-8-18)26-15(2)30/h3-12H,13H2,1-2H3,(H,26,30)(H,27,31). The van der Waals surface area contributed by atoms with Crippen molar-refractivity contribution < 1.29 is 9.59 Å². The molecule has 33 heavy (non-hydrogen) atoms. The zero-order valence-corrected chi connectivity index (χ0v) is 19.5. The van der Waals surface area contributed by atoms with Gasteiger partial charge in [0.15, 0.2) is 0 Å². The predicted octanol–water partition coefficient (Wildman–Crippen LogP) is 4.66. The summed E-state index contributed by atoms with van der Waals surface area (Å²) in [5.74, 6) is -0.0982. The zero-order chi connectivity index (χ0) is 23.2. The van der Waals surface area contributed by atoms with Gasteiger partial charge in [0.05, 0.1) is 16.3 Å². The van der Waals surface area contributed by atoms with E-state index in [1.165, 1.54) is 18.7 Å². The zero-order valence-electron chi connectivity index (χ0n) is 17.9. The Balaban J connectivity index is 1.34. The van der Waals surface area contributed by atoms with Crippen LogP contribution in [0.4, 0.5) is 11.4 Å². The fourth-order valence-electron chi connectivity index (χ4n) is 2.94. The molecule has 2 N–H and O–H groups in total. The molecule has 0 saturated heterocycles. The summed E-state index contributed by atoms with van der Waals surface area (Å²) in [6.07, 6.45) is 3.52. The molecule has 0 unspecified atom stereocenters. The van der Waals surface area contributed by atoms with E-state index in [-0.39, 0.29) is 17.6 Å². The molecule has 10 heteroatoms. The Labute approximate surface area is 198 Å². The average molecular weight is 477 g/mol. The first kappa shape index (κ1) is 22.6. The maximum Gasteiger partial charge on any atom is 0.234 e. The predicted molar refractivity (Wildman–Crippen MR) is 131 cm³/mol. The van der Waals surface area contributed by atoms with Crippen molar-refractivity contribution in [2.45, 2.75) is 18.9 Å². The van der Waals surface area contributed by atoms with Crippen molar-refractivity contribution in [3.05, 3.63) is 66.6 Å². The van der Waals surface area contributed by atoms with E-state index < -0.39 is 0 Å². The highest BCUT2D eigenvalue weighted by Crippen LogP contribution is 2.34. The third-order valence-corrected chi connectivity index (χ3v) is 6.57. The second-order valence-electron chi connectivity index (χ2n) is 7.03. The Hall–Kier alpha value is -3.63. The second kappa shape index (κ2) is 10.3. The SMILES string of the molecule is CC(=O)Nc1ccc(NC(=O)CSc2ccc(-c3sc(-c4cccnc4)nc3C)nn2)cc1. The van der Waals surface area contributed by atoms with Gasteiger partial charge in [-0.1, -0.05) is 11.8 Å². The summed E-state index contributed by atoms with van der Waals surface area (Å²) in [4.78, 5) is 33.1. The molecule has 2 amide bonds. The summed E-state index contributed by atoms with van der Waals surface area (Å²) >= 11 is 2.85. The number of thioether (sulfide) groups is 1. The van der Waals surface area contributed by atoms with Crippen molar-refractivity contribution in [1.82, 2.24) is 20.2 Å². The fraction of sp³-hybridized carbons (Fsp3) is 0.130. The van der Waals surface area contributed by atoms with E-state index in [9.17, 15) is 9.59 Å². The maximum atomic E-state index is 12.3. The largest absolute Gasteiger partial charge is 0.326 e. The van der Waals surface area contributed by atoms with E-state index in [1.807, 2.05) is 31.2 Å². The van der Waals surface area contributed by atoms with Gasteiger partial charge in [-0.25, -0.2) is 4.98 Å². The van der Waals surface area contributed by atoms with Crippen molar-refractivity contribution >= 4 is 46.3 Å². The monoisotopic (exact) mass is 476 g/mol. The quantitative estimate of drug-likeness (QED) is 0.373. The summed E-state index contributed by atoms with van der Waals surface area (Å²) in [5.41, 5.74) is 3.92. The number of rotatable bonds is 7. The molecule has 166 valence electrons. The Bertz CT molecular complexity index is 1260. The van der Waals surface area contributed by atoms with Gasteiger partial charge >= 0.3 is 0 Å². The van der Waals surface area contributed by atoms with Crippen molar-refractivity contribution in [1.29, 1.82) is 0 Å². The number of nitrogens with zero attached hydrogens (tertiary/aromatic N) is 4. The topological polar surface area (TPSA) is 110 Å². The van der Waals surface area contributed by atoms with Crippen LogP contribution < -0.4 is 10.6 Å². The molecule has 3 aromatic heterocycles. The van der Waals surface area contributed by atoms with E-state index in [4.69, 9.17) is 0 Å². The molecule has 4 rings (SSSR count). The number of hydrogen-bond acceptors (Lipinski definition) is 8. The Kier molecular flexibility index (Phi) is 7.06. The van der Waals surface area contributed by atoms with Gasteiger partial charge in [0, 0.05) is 36.3 Å². The number of thiazole rings is 1. The summed E-state index contributed by atoms with van der Waals surface area (Å²) in [6, 6.07) is 14.5. The lowest BCUT2D eigenvalue weighted by molar-refractivity contribution is -0.114. The number of carbonyl (C=O) groups is 2. The van der Waals surface area contributed by atoms with E-state index >= 15 is 0 Å². The molecule has 8 nitrogen and oxygen atoms in total. The van der Waals surface area contributed by atoms with E-state index in [1.54, 1.807) is 48.0 Å². The molecule has 0 atom stereocenters. The highest BCUT2D eigenvalue weighted by molar-refractivity contribution is 7.99. The van der Waals surface area contributed by atoms with Crippen LogP contribution in [0, 0.1) is 6.92 Å². The van der Waals surface area contributed by atoms with Gasteiger partial charge in [-0.05, 0) is 55.5 Å². The van der Waals surface area contributed by atoms with Gasteiger partial charge in [-0.15, -0.1) is 21.5 Å². The minimum Gasteiger partial charge on any atom is -0.326 e. The second-order valence-corrected chi connectivity index (χ2v) is 9.02. The number of aromatic nitrogens is 4. The molecule has 0 saturated carbocycles. The Morgan fingerprint density at radius 1 is 1.00 bits per heavy atom. The van der Waals surface area contributed by atoms with Crippen LogP contribution in [-0.4, -0.2) is 37.7 Å². The number of aryl methyl sites for hydroxylation is 1. The minimum atomic E-state index is -0.155. The van der Waals surface area contributed by atoms with Crippen LogP contribution in [0.15, 0.2) is 66.0 Å². The number of hydrogen-bond donors (Lipinski definition) is 2. The summed E-state index contributed by atoms with van der Waals surface area (Å²) < 4.78 is 0. The molecule has 4 aromatic rings. The van der Waals surface area contributed by atoms with Gasteiger partial charge in [0.1, 0.15) is 15.7 Å². The number of pyridine rings is 1. The molecular formula is C23H20N6O2S2. The summed E-state index contributed by atoms with van der Waals surface area (Å²) in [6.45, 7) is 3.39. The van der Waals surface area contributed by atoms with Gasteiger partial charge in [-0.2, -0.15) is 0 Å². The lowest BCUT2D eigenvalue weighted by Gasteiger charge is -2.07. The lowest BCUT2D eigenvalue weighted by Crippen LogP contribution is -2.14. The van der Waals surface area contributed by atoms with Crippen molar-refractivity contribution in [3.63, 3.8) is 0 Å². The maximum absolute atomic E-state index is 12.3. The molecular weight excluding hydrogens is 456 g/mol. The average Bonchev–Trinajstić information content (AvgIpc) is 3.21. The van der Waals surface area contributed by atoms with E-state index in [2.05, 4.69) is 30.8 Å². The van der Waals surface area contributed by atoms with Crippen LogP contribution in [0.2, 0.25) is 0 Å². The van der Waals surface area contributed by atoms with Gasteiger partial charge in [0.2, 0.25) is 11.8 Å². The highest BCUT2D eigenvalue weighted by atomic mass is 32.2. The first-order chi connectivity index (χ1) is 16.0. The molecule has 0 fully saturated rings. The minimum absolute atomic E-state index is 0.144. The molecule has 1 aromatic carbocycles. The molecule has 0 radical (unpaired) electrons. The molecule has 0 aliphatic heterocycles. The first-order valence-corrected chi connectivity index (χ1v) is 11.8. The summed E-state index contributed by atoms with van der Waals surface area (Å²) in [5, 5.41) is 15.6. The number of carbonyl (C=O) groups excluding carboxylic acids is 2. The highest BCUT2D eigenvalue weighted by Gasteiger charge is 2.13. The molecule has 3 heterocycles. The Morgan fingerprint density at radius 3 is 2.39 bits per heavy atom. The van der Waals surface area contributed by atoms with Crippen LogP contribution in [0.5, 0.6) is 0 Å². The number of benzene rings is 1. The number of amides is 2. The van der Waals surface area contributed by atoms with Crippen LogP contribution in [0.25, 0.3) is 21.1 Å². The molecule has 0 aliphatic carbocycles. The smallest absolute Gasteiger partial charge is 0.234 e. The van der Waals surface area contributed by atoms with Gasteiger partial charge < -0.3 is 10.6 Å². The van der Waals surface area contributed by atoms with Crippen LogP contribution in [0.1, 0.15) is 12.6 Å². The number of anilines is 2. The van der Waals surface area contributed by atoms with Crippen molar-refractivity contribution in [2.24, 2.45) is 0 Å². The Morgan fingerprint density at radius 2 is 1.76 bits per heavy atom. The molecule has 0 spiro atoms. The lowest BCUT2D eigenvalue weighted by atomic mass is 10.3. The normalized spacial score (nSPS) is 10.6. The third kappa shape index (κ3) is 5.99. The summed E-state index contributed by atoms with van der Waals surface area (Å²) in [7, 11) is 0. The van der Waals surface area contributed by atoms with Crippen LogP contribution in [-0.2, 0) is 9.59 Å². The molecule has 0 bridgehead atoms. The van der Waals surface area contributed by atoms with Gasteiger partial charge in [0.25, 0.3) is 0 Å². The van der Waals surface area contributed by atoms with Crippen molar-refractivity contribution in [2.75, 3.05) is 16.4 Å². The van der Waals surface area contributed by atoms with Crippen LogP contribution in [0.3, 0.4) is 0 Å². The van der Waals surface area contributed by atoms with Gasteiger partial charge in [-0.3, -0.25) is 14.6 Å². The fourth-order valence-corrected chi connectivity index (χ4v) is 4.58. The van der Waals surface area contributed by atoms with E-state index in [0.29, 0.717) is 16.4 Å². The number of nitrogens with one attached hydrogen (secondary N) is 2. The third-order valence-electron chi connectivity index (χ3n) is 4.42. The van der Waals surface area contributed by atoms with E-state index in [0.717, 1.165) is 26.8 Å². The first-order valence-electron chi connectivity index (χ1n) is 10.00. The van der Waals surface area contributed by atoms with Crippen LogP contribution >= 0.6 is 23.1 Å². The van der Waals surface area contributed by atoms with Crippen molar-refractivity contribution in [3.8, 4) is 21.1 Å².